The van der Waals surface area contributed by atoms with Crippen LogP contribution in [-0.4, -0.2) is 30.9 Å². The van der Waals surface area contributed by atoms with Gasteiger partial charge in [-0.2, -0.15) is 0 Å². The Morgan fingerprint density at radius 3 is 2.22 bits per heavy atom. The second-order valence-electron chi connectivity index (χ2n) is 6.12. The zero-order valence-electron chi connectivity index (χ0n) is 13.0. The molecular formula is C18H21NO3S. The van der Waals surface area contributed by atoms with Gasteiger partial charge in [-0.15, -0.1) is 0 Å². The molecule has 0 saturated heterocycles. The smallest absolute Gasteiger partial charge is 0.183 e. The second-order valence-corrected chi connectivity index (χ2v) is 8.19. The van der Waals surface area contributed by atoms with Crippen molar-refractivity contribution < 1.29 is 13.5 Å². The van der Waals surface area contributed by atoms with Gasteiger partial charge >= 0.3 is 0 Å². The Kier molecular flexibility index (Phi) is 4.04. The lowest BCUT2D eigenvalue weighted by atomic mass is 10.0. The highest BCUT2D eigenvalue weighted by molar-refractivity contribution is 7.92. The molecule has 0 unspecified atom stereocenters. The Morgan fingerprint density at radius 2 is 1.70 bits per heavy atom. The number of benzene rings is 2. The van der Waals surface area contributed by atoms with Crippen LogP contribution in [0.15, 0.2) is 59.5 Å². The maximum atomic E-state index is 12.9. The van der Waals surface area contributed by atoms with E-state index in [1.807, 2.05) is 24.3 Å². The van der Waals surface area contributed by atoms with E-state index in [-0.39, 0.29) is 17.4 Å². The molecule has 2 aromatic rings. The molecule has 1 saturated carbocycles. The van der Waals surface area contributed by atoms with Gasteiger partial charge in [-0.05, 0) is 29.7 Å². The van der Waals surface area contributed by atoms with Gasteiger partial charge in [0.15, 0.2) is 9.84 Å². The molecule has 0 bridgehead atoms. The highest BCUT2D eigenvalue weighted by atomic mass is 32.2. The van der Waals surface area contributed by atoms with E-state index in [1.165, 1.54) is 5.56 Å². The average Bonchev–Trinajstić information content (AvgIpc) is 3.23. The number of aliphatic hydroxyl groups is 1. The quantitative estimate of drug-likeness (QED) is 0.876. The van der Waals surface area contributed by atoms with Crippen molar-refractivity contribution in [3.05, 3.63) is 65.7 Å². The van der Waals surface area contributed by atoms with E-state index in [0.717, 1.165) is 12.0 Å². The highest BCUT2D eigenvalue weighted by Crippen LogP contribution is 2.55. The lowest BCUT2D eigenvalue weighted by Gasteiger charge is -2.08. The molecule has 0 amide bonds. The van der Waals surface area contributed by atoms with Crippen molar-refractivity contribution in [2.75, 3.05) is 6.61 Å². The van der Waals surface area contributed by atoms with Gasteiger partial charge < -0.3 is 10.8 Å². The van der Waals surface area contributed by atoms with Gasteiger partial charge in [0, 0.05) is 5.92 Å². The van der Waals surface area contributed by atoms with Crippen molar-refractivity contribution in [3.63, 3.8) is 0 Å². The normalized spacial score (nSPS) is 26.9. The minimum Gasteiger partial charge on any atom is -0.394 e. The van der Waals surface area contributed by atoms with Gasteiger partial charge in [-0.3, -0.25) is 0 Å². The predicted molar refractivity (Wildman–Crippen MR) is 90.0 cm³/mol. The van der Waals surface area contributed by atoms with Crippen LogP contribution in [0.2, 0.25) is 0 Å². The van der Waals surface area contributed by atoms with E-state index in [2.05, 4.69) is 6.92 Å². The van der Waals surface area contributed by atoms with Crippen LogP contribution in [0.3, 0.4) is 0 Å². The zero-order chi connectivity index (χ0) is 16.7. The molecule has 1 aliphatic rings. The summed E-state index contributed by atoms with van der Waals surface area (Å²) in [6.45, 7) is 1.71. The topological polar surface area (TPSA) is 80.4 Å². The summed E-state index contributed by atoms with van der Waals surface area (Å²) in [6, 6.07) is 16.1. The molecule has 0 spiro atoms. The lowest BCUT2D eigenvalue weighted by Crippen LogP contribution is -2.35. The molecular weight excluding hydrogens is 310 g/mol. The Hall–Kier alpha value is -1.69. The fraction of sp³-hybridized carbons (Fsp3) is 0.333. The minimum atomic E-state index is -3.58. The van der Waals surface area contributed by atoms with E-state index >= 15 is 0 Å². The van der Waals surface area contributed by atoms with Crippen LogP contribution in [-0.2, 0) is 16.3 Å². The van der Waals surface area contributed by atoms with Crippen LogP contribution in [0.25, 0.3) is 0 Å². The molecule has 3 atom stereocenters. The number of sulfone groups is 1. The molecule has 1 fully saturated rings. The van der Waals surface area contributed by atoms with Gasteiger partial charge in [0.05, 0.1) is 22.3 Å². The molecule has 0 aliphatic heterocycles. The summed E-state index contributed by atoms with van der Waals surface area (Å²) in [5.74, 6) is -0.386. The van der Waals surface area contributed by atoms with Crippen molar-refractivity contribution in [2.24, 2.45) is 5.73 Å². The Bertz CT molecular complexity index is 787. The van der Waals surface area contributed by atoms with Crippen molar-refractivity contribution in [3.8, 4) is 0 Å². The first kappa shape index (κ1) is 16.2. The molecule has 3 rings (SSSR count). The van der Waals surface area contributed by atoms with Gasteiger partial charge in [-0.1, -0.05) is 49.4 Å². The van der Waals surface area contributed by atoms with Gasteiger partial charge in [0.1, 0.15) is 0 Å². The Labute approximate surface area is 136 Å². The summed E-state index contributed by atoms with van der Waals surface area (Å²) in [6.07, 6.45) is 0.921. The number of aliphatic hydroxyl groups excluding tert-OH is 1. The number of hydrogen-bond acceptors (Lipinski definition) is 4. The summed E-state index contributed by atoms with van der Waals surface area (Å²) in [4.78, 5) is 0.251. The minimum absolute atomic E-state index is 0.251. The first-order valence-corrected chi connectivity index (χ1v) is 9.27. The monoisotopic (exact) mass is 331 g/mol. The van der Waals surface area contributed by atoms with E-state index in [1.54, 1.807) is 30.3 Å². The molecule has 122 valence electrons. The maximum Gasteiger partial charge on any atom is 0.183 e. The van der Waals surface area contributed by atoms with E-state index in [0.29, 0.717) is 0 Å². The van der Waals surface area contributed by atoms with Crippen molar-refractivity contribution in [1.29, 1.82) is 0 Å². The summed E-state index contributed by atoms with van der Waals surface area (Å²) in [5.41, 5.74) is 7.16. The SMILES string of the molecule is CCc1ccc([C@@H]2[C@@H](S(=O)(=O)c3ccccc3)[C@@]2(N)CO)cc1. The van der Waals surface area contributed by atoms with Crippen molar-refractivity contribution >= 4 is 9.84 Å². The third kappa shape index (κ3) is 2.59. The van der Waals surface area contributed by atoms with E-state index in [4.69, 9.17) is 5.73 Å². The fourth-order valence-electron chi connectivity index (χ4n) is 3.28. The molecule has 0 heterocycles. The molecule has 1 aliphatic carbocycles. The first-order chi connectivity index (χ1) is 10.9. The maximum absolute atomic E-state index is 12.9. The summed E-state index contributed by atoms with van der Waals surface area (Å²) < 4.78 is 25.8. The zero-order valence-corrected chi connectivity index (χ0v) is 13.8. The Balaban J connectivity index is 1.98. The number of hydrogen-bond donors (Lipinski definition) is 2. The molecule has 5 heteroatoms. The summed E-state index contributed by atoms with van der Waals surface area (Å²) in [7, 11) is -3.58. The summed E-state index contributed by atoms with van der Waals surface area (Å²) >= 11 is 0. The largest absolute Gasteiger partial charge is 0.394 e. The molecule has 0 radical (unpaired) electrons. The van der Waals surface area contributed by atoms with E-state index in [9.17, 15) is 13.5 Å². The summed E-state index contributed by atoms with van der Waals surface area (Å²) in [5, 5.41) is 8.89. The number of aryl methyl sites for hydroxylation is 1. The third-order valence-electron chi connectivity index (χ3n) is 4.73. The molecule has 3 N–H and O–H groups in total. The van der Waals surface area contributed by atoms with Crippen LogP contribution in [0.5, 0.6) is 0 Å². The van der Waals surface area contributed by atoms with Crippen LogP contribution in [0, 0.1) is 0 Å². The van der Waals surface area contributed by atoms with Crippen molar-refractivity contribution in [1.82, 2.24) is 0 Å². The number of nitrogens with two attached hydrogens (primary N) is 1. The highest BCUT2D eigenvalue weighted by Gasteiger charge is 2.68. The third-order valence-corrected chi connectivity index (χ3v) is 7.04. The van der Waals surface area contributed by atoms with Crippen LogP contribution in [0.4, 0.5) is 0 Å². The predicted octanol–water partition coefficient (Wildman–Crippen LogP) is 1.88. The van der Waals surface area contributed by atoms with Crippen LogP contribution in [0.1, 0.15) is 24.0 Å². The lowest BCUT2D eigenvalue weighted by molar-refractivity contribution is 0.253. The first-order valence-electron chi connectivity index (χ1n) is 7.72. The Morgan fingerprint density at radius 1 is 1.09 bits per heavy atom. The second kappa shape index (κ2) is 5.74. The molecule has 0 aromatic heterocycles. The van der Waals surface area contributed by atoms with Crippen LogP contribution < -0.4 is 5.73 Å². The van der Waals surface area contributed by atoms with Gasteiger partial charge in [0.25, 0.3) is 0 Å². The van der Waals surface area contributed by atoms with Crippen molar-refractivity contribution in [2.45, 2.75) is 34.9 Å². The van der Waals surface area contributed by atoms with Crippen LogP contribution >= 0.6 is 0 Å². The molecule has 4 nitrogen and oxygen atoms in total. The number of rotatable bonds is 5. The van der Waals surface area contributed by atoms with Gasteiger partial charge in [-0.25, -0.2) is 8.42 Å². The van der Waals surface area contributed by atoms with Gasteiger partial charge in [0.2, 0.25) is 0 Å². The fourth-order valence-corrected chi connectivity index (χ4v) is 5.60. The molecule has 23 heavy (non-hydrogen) atoms. The molecule has 2 aromatic carbocycles. The standard InChI is InChI=1S/C18H21NO3S/c1-2-13-8-10-14(11-9-13)16-17(18(16,19)12-20)23(21,22)15-6-4-3-5-7-15/h3-11,16-17,20H,2,12,19H2,1H3/t16-,17-,18-/m1/s1. The average molecular weight is 331 g/mol. The van der Waals surface area contributed by atoms with E-state index < -0.39 is 20.6 Å².